The summed E-state index contributed by atoms with van der Waals surface area (Å²) >= 11 is 0. The highest BCUT2D eigenvalue weighted by molar-refractivity contribution is 5.81. The average Bonchev–Trinajstić information content (AvgIpc) is 2.52. The van der Waals surface area contributed by atoms with Gasteiger partial charge in [0.2, 0.25) is 5.91 Å². The number of hydrogen-bond acceptors (Lipinski definition) is 5. The van der Waals surface area contributed by atoms with Gasteiger partial charge in [-0.05, 0) is 6.54 Å². The molecule has 0 rings (SSSR count). The molecule has 0 bridgehead atoms. The van der Waals surface area contributed by atoms with Crippen molar-refractivity contribution in [1.82, 2.24) is 10.6 Å². The molecule has 0 aromatic carbocycles. The highest BCUT2D eigenvalue weighted by Gasteiger charge is 2.21. The van der Waals surface area contributed by atoms with Gasteiger partial charge >= 0.3 is 0 Å². The summed E-state index contributed by atoms with van der Waals surface area (Å²) in [4.78, 5) is 11.6. The lowest BCUT2D eigenvalue weighted by Gasteiger charge is -2.18. The molecule has 0 aliphatic carbocycles. The number of alkyl halides is 1. The molecule has 0 aromatic rings. The van der Waals surface area contributed by atoms with Gasteiger partial charge in [0.1, 0.15) is 6.17 Å². The Morgan fingerprint density at radius 3 is 2.08 bits per heavy atom. The minimum absolute atomic E-state index is 0.0280. The van der Waals surface area contributed by atoms with Gasteiger partial charge in [-0.3, -0.25) is 4.79 Å². The van der Waals surface area contributed by atoms with Crippen LogP contribution in [0.3, 0.4) is 0 Å². The molecule has 7 heteroatoms. The fourth-order valence-electron chi connectivity index (χ4n) is 1.64. The van der Waals surface area contributed by atoms with Gasteiger partial charge < -0.3 is 24.8 Å². The Bertz CT molecular complexity index is 311. The molecule has 0 saturated carbocycles. The summed E-state index contributed by atoms with van der Waals surface area (Å²) in [6.07, 6.45) is -0.833. The monoisotopic (exact) mass is 350 g/mol. The van der Waals surface area contributed by atoms with Crippen LogP contribution >= 0.6 is 0 Å². The number of ether oxygens (including phenoxy) is 3. The predicted octanol–water partition coefficient (Wildman–Crippen LogP) is 1.54. The van der Waals surface area contributed by atoms with Crippen molar-refractivity contribution in [2.45, 2.75) is 40.3 Å². The second kappa shape index (κ2) is 14.6. The molecule has 0 radical (unpaired) electrons. The number of hydrogen-bond donors (Lipinski definition) is 2. The number of rotatable bonds is 15. The van der Waals surface area contributed by atoms with Gasteiger partial charge in [0, 0.05) is 31.5 Å². The highest BCUT2D eigenvalue weighted by atomic mass is 19.1. The minimum atomic E-state index is -1.10. The standard InChI is InChI=1S/C17H35FN2O4/c1-5-19-7-9-23-11-13-24-12-10-22-8-6-15(18)14-20-16(21)17(2,3)4/h15,19H,5-14H2,1-4H3,(H,20,21). The summed E-state index contributed by atoms with van der Waals surface area (Å²) < 4.78 is 29.6. The van der Waals surface area contributed by atoms with E-state index < -0.39 is 11.6 Å². The summed E-state index contributed by atoms with van der Waals surface area (Å²) in [5.41, 5.74) is -0.496. The first-order chi connectivity index (χ1) is 11.4. The van der Waals surface area contributed by atoms with Crippen molar-refractivity contribution >= 4 is 5.91 Å². The van der Waals surface area contributed by atoms with Gasteiger partial charge in [-0.15, -0.1) is 0 Å². The molecule has 24 heavy (non-hydrogen) atoms. The van der Waals surface area contributed by atoms with Crippen LogP contribution in [-0.4, -0.2) is 71.4 Å². The van der Waals surface area contributed by atoms with Crippen LogP contribution in [0.15, 0.2) is 0 Å². The molecular weight excluding hydrogens is 315 g/mol. The van der Waals surface area contributed by atoms with Gasteiger partial charge in [-0.25, -0.2) is 4.39 Å². The van der Waals surface area contributed by atoms with Crippen molar-refractivity contribution in [3.63, 3.8) is 0 Å². The van der Waals surface area contributed by atoms with Crippen LogP contribution < -0.4 is 10.6 Å². The van der Waals surface area contributed by atoms with Crippen molar-refractivity contribution < 1.29 is 23.4 Å². The lowest BCUT2D eigenvalue weighted by atomic mass is 9.96. The molecule has 6 nitrogen and oxygen atoms in total. The van der Waals surface area contributed by atoms with Crippen molar-refractivity contribution in [3.8, 4) is 0 Å². The average molecular weight is 350 g/mol. The van der Waals surface area contributed by atoms with E-state index in [0.717, 1.165) is 13.1 Å². The molecular formula is C17H35FN2O4. The molecule has 0 heterocycles. The number of carbonyl (C=O) groups excluding carboxylic acids is 1. The maximum absolute atomic E-state index is 13.6. The van der Waals surface area contributed by atoms with Crippen LogP contribution in [0.1, 0.15) is 34.1 Å². The molecule has 0 spiro atoms. The molecule has 0 aliphatic rings. The van der Waals surface area contributed by atoms with Gasteiger partial charge in [0.15, 0.2) is 0 Å². The second-order valence-corrected chi connectivity index (χ2v) is 6.54. The Balaban J connectivity index is 3.31. The predicted molar refractivity (Wildman–Crippen MR) is 93.0 cm³/mol. The zero-order valence-electron chi connectivity index (χ0n) is 15.7. The normalized spacial score (nSPS) is 13.0. The highest BCUT2D eigenvalue weighted by Crippen LogP contribution is 2.12. The van der Waals surface area contributed by atoms with E-state index in [1.165, 1.54) is 0 Å². The molecule has 0 aliphatic heterocycles. The maximum atomic E-state index is 13.6. The molecule has 2 N–H and O–H groups in total. The third-order valence-corrected chi connectivity index (χ3v) is 3.16. The molecule has 144 valence electrons. The van der Waals surface area contributed by atoms with Gasteiger partial charge in [-0.2, -0.15) is 0 Å². The van der Waals surface area contributed by atoms with Gasteiger partial charge in [-0.1, -0.05) is 27.7 Å². The largest absolute Gasteiger partial charge is 0.379 e. The van der Waals surface area contributed by atoms with Crippen LogP contribution in [0.5, 0.6) is 0 Å². The van der Waals surface area contributed by atoms with E-state index in [0.29, 0.717) is 39.6 Å². The van der Waals surface area contributed by atoms with Crippen molar-refractivity contribution in [2.75, 3.05) is 59.3 Å². The first-order valence-electron chi connectivity index (χ1n) is 8.74. The van der Waals surface area contributed by atoms with E-state index in [-0.39, 0.29) is 18.9 Å². The number of carbonyl (C=O) groups is 1. The summed E-state index contributed by atoms with van der Waals surface area (Å²) in [6.45, 7) is 12.2. The lowest BCUT2D eigenvalue weighted by Crippen LogP contribution is -2.38. The first-order valence-corrected chi connectivity index (χ1v) is 8.74. The van der Waals surface area contributed by atoms with Crippen molar-refractivity contribution in [2.24, 2.45) is 5.41 Å². The quantitative estimate of drug-likeness (QED) is 0.439. The van der Waals surface area contributed by atoms with Crippen LogP contribution in [0.25, 0.3) is 0 Å². The Kier molecular flexibility index (Phi) is 14.1. The van der Waals surface area contributed by atoms with E-state index in [2.05, 4.69) is 17.6 Å². The molecule has 1 atom stereocenters. The molecule has 1 amide bonds. The third kappa shape index (κ3) is 14.8. The number of likely N-dealkylation sites (N-methyl/N-ethyl adjacent to an activating group) is 1. The second-order valence-electron chi connectivity index (χ2n) is 6.54. The number of nitrogens with one attached hydrogen (secondary N) is 2. The Hall–Kier alpha value is -0.760. The Morgan fingerprint density at radius 1 is 1.00 bits per heavy atom. The number of amides is 1. The molecule has 0 saturated heterocycles. The molecule has 1 unspecified atom stereocenters. The van der Waals surface area contributed by atoms with E-state index >= 15 is 0 Å². The molecule has 0 fully saturated rings. The van der Waals surface area contributed by atoms with Crippen molar-refractivity contribution in [3.05, 3.63) is 0 Å². The van der Waals surface area contributed by atoms with Crippen LogP contribution in [0.4, 0.5) is 4.39 Å². The summed E-state index contributed by atoms with van der Waals surface area (Å²) in [5, 5.41) is 5.77. The fourth-order valence-corrected chi connectivity index (χ4v) is 1.64. The Labute approximate surface area is 145 Å². The van der Waals surface area contributed by atoms with Gasteiger partial charge in [0.25, 0.3) is 0 Å². The van der Waals surface area contributed by atoms with Crippen LogP contribution in [0.2, 0.25) is 0 Å². The van der Waals surface area contributed by atoms with E-state index in [1.807, 2.05) is 0 Å². The van der Waals surface area contributed by atoms with E-state index in [1.54, 1.807) is 20.8 Å². The van der Waals surface area contributed by atoms with Crippen LogP contribution in [0, 0.1) is 5.41 Å². The topological polar surface area (TPSA) is 68.8 Å². The SMILES string of the molecule is CCNCCOCCOCCOCCC(F)CNC(=O)C(C)(C)C. The molecule has 0 aromatic heterocycles. The zero-order chi connectivity index (χ0) is 18.3. The van der Waals surface area contributed by atoms with E-state index in [9.17, 15) is 9.18 Å². The van der Waals surface area contributed by atoms with Crippen molar-refractivity contribution in [1.29, 1.82) is 0 Å². The minimum Gasteiger partial charge on any atom is -0.379 e. The number of halogens is 1. The summed E-state index contributed by atoms with van der Waals surface area (Å²) in [7, 11) is 0. The summed E-state index contributed by atoms with van der Waals surface area (Å²) in [6, 6.07) is 0. The van der Waals surface area contributed by atoms with Gasteiger partial charge in [0.05, 0.1) is 33.0 Å². The van der Waals surface area contributed by atoms with Crippen LogP contribution in [-0.2, 0) is 19.0 Å². The zero-order valence-corrected chi connectivity index (χ0v) is 15.7. The third-order valence-electron chi connectivity index (χ3n) is 3.16. The lowest BCUT2D eigenvalue weighted by molar-refractivity contribution is -0.128. The van der Waals surface area contributed by atoms with E-state index in [4.69, 9.17) is 14.2 Å². The first kappa shape index (κ1) is 23.2. The smallest absolute Gasteiger partial charge is 0.225 e. The summed E-state index contributed by atoms with van der Waals surface area (Å²) in [5.74, 6) is -0.146. The fraction of sp³-hybridized carbons (Fsp3) is 0.941. The Morgan fingerprint density at radius 2 is 1.54 bits per heavy atom. The maximum Gasteiger partial charge on any atom is 0.225 e.